The smallest absolute Gasteiger partial charge is 0.312 e. The molecule has 4 heteroatoms. The maximum atomic E-state index is 11.3. The molecule has 1 heterocycles. The van der Waals surface area contributed by atoms with Gasteiger partial charge >= 0.3 is 5.97 Å². The van der Waals surface area contributed by atoms with Gasteiger partial charge in [0, 0.05) is 19.1 Å². The van der Waals surface area contributed by atoms with Gasteiger partial charge < -0.3 is 15.7 Å². The zero-order valence-corrected chi connectivity index (χ0v) is 9.75. The molecule has 1 fully saturated rings. The molecule has 1 aromatic carbocycles. The number of carboxylic acids is 1. The van der Waals surface area contributed by atoms with Gasteiger partial charge in [0.25, 0.3) is 0 Å². The Bertz CT molecular complexity index is 380. The van der Waals surface area contributed by atoms with Crippen LogP contribution in [0.3, 0.4) is 0 Å². The molecule has 0 aromatic heterocycles. The lowest BCUT2D eigenvalue weighted by Gasteiger charge is -2.20. The van der Waals surface area contributed by atoms with Crippen LogP contribution in [0.1, 0.15) is 17.9 Å². The topological polar surface area (TPSA) is 66.6 Å². The average molecular weight is 234 g/mol. The molecule has 92 valence electrons. The van der Waals surface area contributed by atoms with Gasteiger partial charge in [-0.05, 0) is 18.5 Å². The Kier molecular flexibility index (Phi) is 3.76. The van der Waals surface area contributed by atoms with Crippen LogP contribution in [-0.2, 0) is 4.79 Å². The third-order valence-electron chi connectivity index (χ3n) is 3.25. The van der Waals surface area contributed by atoms with Gasteiger partial charge in [0.2, 0.25) is 0 Å². The van der Waals surface area contributed by atoms with Gasteiger partial charge in [0.15, 0.2) is 0 Å². The zero-order chi connectivity index (χ0) is 12.3. The fourth-order valence-electron chi connectivity index (χ4n) is 2.30. The molecule has 2 atom stereocenters. The number of carbonyl (C=O) groups is 1. The molecule has 0 bridgehead atoms. The van der Waals surface area contributed by atoms with E-state index in [4.69, 9.17) is 5.73 Å². The summed E-state index contributed by atoms with van der Waals surface area (Å²) in [5.41, 5.74) is 6.69. The Labute approximate surface area is 101 Å². The molecular weight excluding hydrogens is 216 g/mol. The Morgan fingerprint density at radius 1 is 1.47 bits per heavy atom. The van der Waals surface area contributed by atoms with Crippen LogP contribution < -0.4 is 5.73 Å². The first-order valence-electron chi connectivity index (χ1n) is 5.92. The second-order valence-corrected chi connectivity index (χ2v) is 4.61. The molecule has 17 heavy (non-hydrogen) atoms. The van der Waals surface area contributed by atoms with E-state index >= 15 is 0 Å². The fraction of sp³-hybridized carbons (Fsp3) is 0.462. The van der Waals surface area contributed by atoms with Crippen LogP contribution in [0.5, 0.6) is 0 Å². The van der Waals surface area contributed by atoms with Gasteiger partial charge in [0.05, 0.1) is 5.92 Å². The first-order chi connectivity index (χ1) is 8.16. The molecule has 1 aliphatic heterocycles. The summed E-state index contributed by atoms with van der Waals surface area (Å²) in [5, 5.41) is 9.30. The van der Waals surface area contributed by atoms with Gasteiger partial charge in [-0.2, -0.15) is 0 Å². The van der Waals surface area contributed by atoms with Crippen LogP contribution in [0.4, 0.5) is 0 Å². The highest BCUT2D eigenvalue weighted by molar-refractivity contribution is 5.76. The minimum atomic E-state index is -0.767. The molecule has 0 spiro atoms. The van der Waals surface area contributed by atoms with E-state index < -0.39 is 11.9 Å². The number of likely N-dealkylation sites (tertiary alicyclic amines) is 1. The van der Waals surface area contributed by atoms with Crippen molar-refractivity contribution in [2.24, 2.45) is 5.73 Å². The van der Waals surface area contributed by atoms with Crippen molar-refractivity contribution in [2.75, 3.05) is 19.6 Å². The predicted molar refractivity (Wildman–Crippen MR) is 65.9 cm³/mol. The summed E-state index contributed by atoms with van der Waals surface area (Å²) < 4.78 is 0. The fourth-order valence-corrected chi connectivity index (χ4v) is 2.30. The number of carboxylic acid groups (broad SMARTS) is 1. The number of nitrogens with zero attached hydrogens (tertiary/aromatic N) is 1. The number of rotatable bonds is 4. The van der Waals surface area contributed by atoms with E-state index in [9.17, 15) is 9.90 Å². The Morgan fingerprint density at radius 2 is 2.18 bits per heavy atom. The van der Waals surface area contributed by atoms with E-state index in [1.54, 1.807) is 0 Å². The minimum Gasteiger partial charge on any atom is -0.481 e. The van der Waals surface area contributed by atoms with Gasteiger partial charge in [-0.15, -0.1) is 0 Å². The average Bonchev–Trinajstić information content (AvgIpc) is 2.73. The Morgan fingerprint density at radius 3 is 2.71 bits per heavy atom. The van der Waals surface area contributed by atoms with Crippen molar-refractivity contribution in [3.05, 3.63) is 35.9 Å². The summed E-state index contributed by atoms with van der Waals surface area (Å²) in [6.45, 7) is 2.25. The van der Waals surface area contributed by atoms with Crippen LogP contribution in [-0.4, -0.2) is 41.7 Å². The number of aliphatic carboxylic acids is 1. The molecular formula is C13H18N2O2. The highest BCUT2D eigenvalue weighted by atomic mass is 16.4. The first-order valence-corrected chi connectivity index (χ1v) is 5.92. The summed E-state index contributed by atoms with van der Waals surface area (Å²) in [7, 11) is 0. The molecule has 1 aromatic rings. The van der Waals surface area contributed by atoms with Crippen molar-refractivity contribution < 1.29 is 9.90 Å². The molecule has 3 N–H and O–H groups in total. The van der Waals surface area contributed by atoms with E-state index in [0.29, 0.717) is 6.54 Å². The number of benzene rings is 1. The van der Waals surface area contributed by atoms with Gasteiger partial charge in [-0.25, -0.2) is 0 Å². The van der Waals surface area contributed by atoms with Gasteiger partial charge in [0.1, 0.15) is 0 Å². The van der Waals surface area contributed by atoms with E-state index in [2.05, 4.69) is 4.90 Å². The highest BCUT2D eigenvalue weighted by Gasteiger charge is 2.26. The number of hydrogen-bond donors (Lipinski definition) is 2. The van der Waals surface area contributed by atoms with E-state index in [1.165, 1.54) is 0 Å². The summed E-state index contributed by atoms with van der Waals surface area (Å²) in [6, 6.07) is 9.58. The van der Waals surface area contributed by atoms with Crippen LogP contribution in [0, 0.1) is 0 Å². The summed E-state index contributed by atoms with van der Waals surface area (Å²) in [5.74, 6) is -1.22. The van der Waals surface area contributed by atoms with Crippen LogP contribution in [0.25, 0.3) is 0 Å². The van der Waals surface area contributed by atoms with Crippen LogP contribution >= 0.6 is 0 Å². The molecule has 4 nitrogen and oxygen atoms in total. The van der Waals surface area contributed by atoms with E-state index in [-0.39, 0.29) is 6.04 Å². The van der Waals surface area contributed by atoms with Crippen molar-refractivity contribution in [1.29, 1.82) is 0 Å². The third-order valence-corrected chi connectivity index (χ3v) is 3.25. The molecule has 0 amide bonds. The summed E-state index contributed by atoms with van der Waals surface area (Å²) >= 11 is 0. The molecule has 0 saturated carbocycles. The molecule has 0 radical (unpaired) electrons. The number of hydrogen-bond acceptors (Lipinski definition) is 3. The second-order valence-electron chi connectivity index (χ2n) is 4.61. The normalized spacial score (nSPS) is 22.5. The number of nitrogens with two attached hydrogens (primary N) is 1. The largest absolute Gasteiger partial charge is 0.481 e. The highest BCUT2D eigenvalue weighted by Crippen LogP contribution is 2.19. The summed E-state index contributed by atoms with van der Waals surface area (Å²) in [4.78, 5) is 13.4. The zero-order valence-electron chi connectivity index (χ0n) is 9.75. The van der Waals surface area contributed by atoms with Crippen molar-refractivity contribution >= 4 is 5.97 Å². The van der Waals surface area contributed by atoms with Crippen molar-refractivity contribution in [1.82, 2.24) is 4.90 Å². The summed E-state index contributed by atoms with van der Waals surface area (Å²) in [6.07, 6.45) is 0.959. The first kappa shape index (κ1) is 12.1. The van der Waals surface area contributed by atoms with Crippen LogP contribution in [0.15, 0.2) is 30.3 Å². The maximum Gasteiger partial charge on any atom is 0.312 e. The molecule has 1 saturated heterocycles. The van der Waals surface area contributed by atoms with Crippen LogP contribution in [0.2, 0.25) is 0 Å². The monoisotopic (exact) mass is 234 g/mol. The van der Waals surface area contributed by atoms with Crippen molar-refractivity contribution in [2.45, 2.75) is 18.4 Å². The lowest BCUT2D eigenvalue weighted by Crippen LogP contribution is -2.32. The lowest BCUT2D eigenvalue weighted by atomic mass is 9.99. The van der Waals surface area contributed by atoms with Crippen molar-refractivity contribution in [3.63, 3.8) is 0 Å². The Hall–Kier alpha value is -1.39. The molecule has 0 aliphatic carbocycles. The van der Waals surface area contributed by atoms with E-state index in [1.807, 2.05) is 30.3 Å². The standard InChI is InChI=1S/C13H18N2O2/c14-11-6-7-15(8-11)9-12(13(16)17)10-4-2-1-3-5-10/h1-5,11-12H,6-9,14H2,(H,16,17)/t11-,12?/m1/s1. The maximum absolute atomic E-state index is 11.3. The minimum absolute atomic E-state index is 0.195. The lowest BCUT2D eigenvalue weighted by molar-refractivity contribution is -0.139. The Balaban J connectivity index is 2.06. The van der Waals surface area contributed by atoms with Gasteiger partial charge in [-0.1, -0.05) is 30.3 Å². The second kappa shape index (κ2) is 5.29. The van der Waals surface area contributed by atoms with Crippen molar-refractivity contribution in [3.8, 4) is 0 Å². The molecule has 2 rings (SSSR count). The molecule has 1 unspecified atom stereocenters. The molecule has 1 aliphatic rings. The quantitative estimate of drug-likeness (QED) is 0.812. The predicted octanol–water partition coefficient (Wildman–Crippen LogP) is 0.888. The van der Waals surface area contributed by atoms with E-state index in [0.717, 1.165) is 25.1 Å². The third kappa shape index (κ3) is 3.05. The SMILES string of the molecule is N[C@@H]1CCN(CC(C(=O)O)c2ccccc2)C1. The van der Waals surface area contributed by atoms with Gasteiger partial charge in [-0.3, -0.25) is 4.79 Å².